The predicted molar refractivity (Wildman–Crippen MR) is 176 cm³/mol. The van der Waals surface area contributed by atoms with Crippen molar-refractivity contribution in [2.45, 2.75) is 19.6 Å². The molecule has 266 valence electrons. The Bertz CT molecular complexity index is 2060. The second kappa shape index (κ2) is 16.7. The summed E-state index contributed by atoms with van der Waals surface area (Å²) in [5.41, 5.74) is -0.644. The first-order chi connectivity index (χ1) is 23.1. The van der Waals surface area contributed by atoms with Crippen LogP contribution in [0.1, 0.15) is 41.4 Å². The molecule has 0 aromatic heterocycles. The Hall–Kier alpha value is -4.52. The molecule has 4 aromatic rings. The predicted octanol–water partition coefficient (Wildman–Crippen LogP) is 0.852. The van der Waals surface area contributed by atoms with Gasteiger partial charge in [0.2, 0.25) is 0 Å². The Morgan fingerprint density at radius 1 is 0.333 bits per heavy atom. The van der Waals surface area contributed by atoms with Gasteiger partial charge in [0.15, 0.2) is 0 Å². The fourth-order valence-electron chi connectivity index (χ4n) is 3.59. The van der Waals surface area contributed by atoms with E-state index < -0.39 is 83.6 Å². The molecule has 0 spiro atoms. The molecule has 0 aliphatic heterocycles. The monoisotopic (exact) mass is 794 g/mol. The van der Waals surface area contributed by atoms with Gasteiger partial charge in [-0.3, -0.25) is 0 Å². The number of carbonyl (C=O) groups is 4. The summed E-state index contributed by atoms with van der Waals surface area (Å²) in [6.45, 7) is 0. The Kier molecular flexibility index (Phi) is 13.9. The van der Waals surface area contributed by atoms with Crippen molar-refractivity contribution in [1.29, 1.82) is 0 Å². The van der Waals surface area contributed by atoms with Gasteiger partial charge in [0, 0.05) is 0 Å². The number of rotatable bonds is 12. The molecule has 0 saturated heterocycles. The van der Waals surface area contributed by atoms with Crippen LogP contribution in [0, 0.1) is 0 Å². The van der Waals surface area contributed by atoms with Crippen LogP contribution in [0.4, 0.5) is 0 Å². The summed E-state index contributed by atoms with van der Waals surface area (Å²) >= 11 is 0. The van der Waals surface area contributed by atoms with Crippen molar-refractivity contribution < 1.29 is 73.3 Å². The van der Waals surface area contributed by atoms with Gasteiger partial charge in [0.25, 0.3) is 40.1 Å². The van der Waals surface area contributed by atoms with Gasteiger partial charge in [-0.25, -0.2) is 52.8 Å². The van der Waals surface area contributed by atoms with Crippen LogP contribution in [0.5, 0.6) is 0 Å². The average Bonchev–Trinajstić information content (AvgIpc) is 3.04. The third-order valence-electron chi connectivity index (χ3n) is 6.09. The number of carboxylic acids is 4. The van der Waals surface area contributed by atoms with E-state index in [-0.39, 0.29) is 51.8 Å². The van der Waals surface area contributed by atoms with E-state index in [4.69, 9.17) is 20.4 Å². The molecule has 4 rings (SSSR count). The summed E-state index contributed by atoms with van der Waals surface area (Å²) in [7, 11) is -17.9. The summed E-state index contributed by atoms with van der Waals surface area (Å²) in [5.74, 6) is -5.04. The molecule has 0 aliphatic carbocycles. The normalized spacial score (nSPS) is 11.6. The molecule has 0 fully saturated rings. The van der Waals surface area contributed by atoms with Crippen molar-refractivity contribution in [3.63, 3.8) is 0 Å². The van der Waals surface area contributed by atoms with Crippen LogP contribution in [0.25, 0.3) is 0 Å². The van der Waals surface area contributed by atoms with Crippen LogP contribution in [-0.2, 0) is 40.1 Å². The van der Waals surface area contributed by atoms with Crippen LogP contribution >= 0.6 is 0 Å². The van der Waals surface area contributed by atoms with Crippen molar-refractivity contribution in [2.24, 2.45) is 0 Å². The standard InChI is InChI=1S/2C14H11NO8S2.Na.H/c2*16-13(17)9-1-5-11(6-2-9)24(20,21)15-25(22,23)12-7-3-10(4-8-12)14(18)19;;/h2*1-8,15H,(H,16,17)(H,18,19);;. The van der Waals surface area contributed by atoms with Gasteiger partial charge in [-0.2, -0.15) is 0 Å². The molecule has 0 bridgehead atoms. The first-order valence-corrected chi connectivity index (χ1v) is 18.9. The van der Waals surface area contributed by atoms with Gasteiger partial charge in [-0.05, 0) is 97.1 Å². The van der Waals surface area contributed by atoms with Crippen molar-refractivity contribution >= 4 is 93.5 Å². The summed E-state index contributed by atoms with van der Waals surface area (Å²) in [6.07, 6.45) is 0. The average molecular weight is 795 g/mol. The number of aromatic carboxylic acids is 4. The maximum absolute atomic E-state index is 12.1. The Balaban J connectivity index is 0.000000347. The van der Waals surface area contributed by atoms with E-state index in [2.05, 4.69) is 0 Å². The number of carboxylic acid groups (broad SMARTS) is 4. The maximum atomic E-state index is 12.1. The molecular weight excluding hydrogens is 772 g/mol. The Labute approximate surface area is 311 Å². The van der Waals surface area contributed by atoms with Crippen LogP contribution in [0.3, 0.4) is 0 Å². The molecule has 4 aromatic carbocycles. The van der Waals surface area contributed by atoms with E-state index in [9.17, 15) is 52.8 Å². The quantitative estimate of drug-likeness (QED) is 0.108. The number of benzene rings is 4. The van der Waals surface area contributed by atoms with E-state index >= 15 is 0 Å². The Morgan fingerprint density at radius 2 is 0.471 bits per heavy atom. The van der Waals surface area contributed by atoms with E-state index in [1.165, 1.54) is 8.25 Å². The SMILES string of the molecule is O=C(O)c1ccc(S(=O)(=O)NS(=O)(=O)c2ccc(C(=O)O)cc2)cc1.O=C(O)c1ccc(S(=O)(=O)NS(=O)(=O)c2ccc(C(=O)O)cc2)cc1.[NaH]. The van der Waals surface area contributed by atoms with Crippen LogP contribution < -0.4 is 8.25 Å². The molecule has 0 saturated carbocycles. The number of hydrogen-bond acceptors (Lipinski definition) is 12. The van der Waals surface area contributed by atoms with Gasteiger partial charge in [0.1, 0.15) is 0 Å². The van der Waals surface area contributed by atoms with Gasteiger partial charge in [-0.15, -0.1) is 8.25 Å². The molecule has 6 N–H and O–H groups in total. The van der Waals surface area contributed by atoms with Crippen molar-refractivity contribution in [3.05, 3.63) is 119 Å². The second-order valence-electron chi connectivity index (χ2n) is 9.50. The molecule has 0 heterocycles. The van der Waals surface area contributed by atoms with E-state index in [0.29, 0.717) is 0 Å². The van der Waals surface area contributed by atoms with Gasteiger partial charge in [0.05, 0.1) is 41.8 Å². The van der Waals surface area contributed by atoms with E-state index in [1.54, 1.807) is 0 Å². The third kappa shape index (κ3) is 11.2. The molecule has 51 heavy (non-hydrogen) atoms. The molecule has 0 radical (unpaired) electrons. The minimum atomic E-state index is -4.48. The zero-order chi connectivity index (χ0) is 37.7. The topological polar surface area (TPSA) is 310 Å². The van der Waals surface area contributed by atoms with Crippen LogP contribution in [0.15, 0.2) is 117 Å². The van der Waals surface area contributed by atoms with Crippen molar-refractivity contribution in [1.82, 2.24) is 8.25 Å². The van der Waals surface area contributed by atoms with Gasteiger partial charge >= 0.3 is 53.4 Å². The summed E-state index contributed by atoms with van der Waals surface area (Å²) in [4.78, 5) is 41.2. The minimum absolute atomic E-state index is 0. The first-order valence-electron chi connectivity index (χ1n) is 13.0. The third-order valence-corrected chi connectivity index (χ3v) is 13.2. The van der Waals surface area contributed by atoms with E-state index in [0.717, 1.165) is 97.1 Å². The van der Waals surface area contributed by atoms with Crippen LogP contribution in [-0.4, -0.2) is 108 Å². The van der Waals surface area contributed by atoms with Crippen molar-refractivity contribution in [3.8, 4) is 0 Å². The molecular formula is C28H23N2NaO16S4. The second-order valence-corrected chi connectivity index (χ2v) is 16.7. The summed E-state index contributed by atoms with van der Waals surface area (Å²) in [5, 5.41) is 35.1. The zero-order valence-corrected chi connectivity index (χ0v) is 27.8. The van der Waals surface area contributed by atoms with Gasteiger partial charge in [-0.1, -0.05) is 0 Å². The Morgan fingerprint density at radius 3 is 0.588 bits per heavy atom. The first kappa shape index (κ1) is 42.6. The fourth-order valence-corrected chi connectivity index (χ4v) is 9.42. The molecule has 0 aliphatic rings. The van der Waals surface area contributed by atoms with Gasteiger partial charge < -0.3 is 20.4 Å². The zero-order valence-electron chi connectivity index (χ0n) is 24.6. The molecule has 0 atom stereocenters. The molecule has 0 amide bonds. The molecule has 18 nitrogen and oxygen atoms in total. The molecule has 0 unspecified atom stereocenters. The number of hydrogen-bond donors (Lipinski definition) is 6. The summed E-state index contributed by atoms with van der Waals surface area (Å²) in [6, 6.07) is 15.8. The van der Waals surface area contributed by atoms with Crippen LogP contribution in [0.2, 0.25) is 0 Å². The van der Waals surface area contributed by atoms with E-state index in [1.807, 2.05) is 0 Å². The summed E-state index contributed by atoms with van der Waals surface area (Å²) < 4.78 is 100. The number of sulfonamides is 4. The van der Waals surface area contributed by atoms with Crippen molar-refractivity contribution in [2.75, 3.05) is 0 Å². The number of nitrogens with one attached hydrogen (secondary N) is 2. The fraction of sp³-hybridized carbons (Fsp3) is 0. The molecule has 23 heteroatoms.